The summed E-state index contributed by atoms with van der Waals surface area (Å²) in [6, 6.07) is 6.41. The first-order valence-corrected chi connectivity index (χ1v) is 7.90. The topological polar surface area (TPSA) is 55.8 Å². The summed E-state index contributed by atoms with van der Waals surface area (Å²) < 4.78 is 63.7. The smallest absolute Gasteiger partial charge is 0.430 e. The molecule has 0 spiro atoms. The zero-order valence-corrected chi connectivity index (χ0v) is 14.4. The maximum absolute atomic E-state index is 14.0. The van der Waals surface area contributed by atoms with Crippen LogP contribution in [0.1, 0.15) is 11.1 Å². The van der Waals surface area contributed by atoms with E-state index in [0.717, 1.165) is 18.2 Å². The standard InChI is InChI=1S/C18H11ClF4O4/c1-8-2-4-12(20)14(6-8)26-15-9-7-10(17(24)25)16(18(21,22)23)27-13(9)5-3-11(15)19/h2-7,16H,1H3,(H,24,25). The SMILES string of the molecule is Cc1ccc(F)c(Oc2c(Cl)ccc3c2C=C(C(=O)O)C(C(F)(F)F)O3)c1. The van der Waals surface area contributed by atoms with Gasteiger partial charge in [-0.15, -0.1) is 0 Å². The molecular formula is C18H11ClF4O4. The summed E-state index contributed by atoms with van der Waals surface area (Å²) in [5.41, 5.74) is -0.490. The Morgan fingerprint density at radius 1 is 1.26 bits per heavy atom. The maximum atomic E-state index is 14.0. The molecule has 3 rings (SSSR count). The summed E-state index contributed by atoms with van der Waals surface area (Å²) >= 11 is 6.05. The van der Waals surface area contributed by atoms with Crippen molar-refractivity contribution >= 4 is 23.6 Å². The molecule has 1 heterocycles. The number of aryl methyl sites for hydroxylation is 1. The van der Waals surface area contributed by atoms with Gasteiger partial charge in [-0.25, -0.2) is 9.18 Å². The summed E-state index contributed by atoms with van der Waals surface area (Å²) in [4.78, 5) is 11.3. The lowest BCUT2D eigenvalue weighted by molar-refractivity contribution is -0.187. The van der Waals surface area contributed by atoms with E-state index in [0.29, 0.717) is 5.56 Å². The molecule has 2 aromatic carbocycles. The number of carboxylic acids is 1. The van der Waals surface area contributed by atoms with Crippen LogP contribution in [0.2, 0.25) is 5.02 Å². The third-order valence-corrected chi connectivity index (χ3v) is 4.08. The summed E-state index contributed by atoms with van der Waals surface area (Å²) in [5.74, 6) is -3.24. The van der Waals surface area contributed by atoms with Gasteiger partial charge in [0.1, 0.15) is 5.75 Å². The van der Waals surface area contributed by atoms with E-state index >= 15 is 0 Å². The molecule has 2 aromatic rings. The van der Waals surface area contributed by atoms with Crippen LogP contribution < -0.4 is 9.47 Å². The highest BCUT2D eigenvalue weighted by atomic mass is 35.5. The Kier molecular flexibility index (Phi) is 4.77. The van der Waals surface area contributed by atoms with E-state index in [-0.39, 0.29) is 27.8 Å². The van der Waals surface area contributed by atoms with Crippen LogP contribution in [-0.4, -0.2) is 23.4 Å². The number of aliphatic carboxylic acids is 1. The number of rotatable bonds is 3. The van der Waals surface area contributed by atoms with Gasteiger partial charge in [-0.1, -0.05) is 17.7 Å². The molecule has 0 aromatic heterocycles. The van der Waals surface area contributed by atoms with Gasteiger partial charge < -0.3 is 14.6 Å². The van der Waals surface area contributed by atoms with Crippen LogP contribution in [0, 0.1) is 12.7 Å². The molecule has 27 heavy (non-hydrogen) atoms. The third-order valence-electron chi connectivity index (χ3n) is 3.78. The molecule has 0 radical (unpaired) electrons. The first kappa shape index (κ1) is 19.0. The summed E-state index contributed by atoms with van der Waals surface area (Å²) in [6.45, 7) is 1.69. The van der Waals surface area contributed by atoms with E-state index in [1.807, 2.05) is 0 Å². The fourth-order valence-corrected chi connectivity index (χ4v) is 2.74. The van der Waals surface area contributed by atoms with Crippen molar-refractivity contribution in [2.45, 2.75) is 19.2 Å². The van der Waals surface area contributed by atoms with Gasteiger partial charge in [0.25, 0.3) is 0 Å². The highest BCUT2D eigenvalue weighted by Crippen LogP contribution is 2.45. The highest BCUT2D eigenvalue weighted by molar-refractivity contribution is 6.32. The molecule has 0 amide bonds. The number of hydrogen-bond donors (Lipinski definition) is 1. The van der Waals surface area contributed by atoms with Crippen LogP contribution in [0.3, 0.4) is 0 Å². The Bertz CT molecular complexity index is 953. The molecule has 1 aliphatic rings. The molecule has 0 saturated heterocycles. The Hall–Kier alpha value is -2.74. The first-order valence-electron chi connectivity index (χ1n) is 7.52. The Balaban J connectivity index is 2.14. The fraction of sp³-hybridized carbons (Fsp3) is 0.167. The van der Waals surface area contributed by atoms with Crippen molar-refractivity contribution in [3.05, 3.63) is 57.9 Å². The van der Waals surface area contributed by atoms with Crippen molar-refractivity contribution in [1.29, 1.82) is 0 Å². The molecule has 1 aliphatic heterocycles. The van der Waals surface area contributed by atoms with Crippen molar-refractivity contribution in [2.24, 2.45) is 0 Å². The minimum atomic E-state index is -4.94. The van der Waals surface area contributed by atoms with Gasteiger partial charge in [0.2, 0.25) is 6.10 Å². The van der Waals surface area contributed by atoms with Crippen LogP contribution in [0.5, 0.6) is 17.2 Å². The molecule has 1 N–H and O–H groups in total. The van der Waals surface area contributed by atoms with E-state index in [1.54, 1.807) is 6.92 Å². The monoisotopic (exact) mass is 402 g/mol. The summed E-state index contributed by atoms with van der Waals surface area (Å²) in [6.07, 6.45) is -6.81. The van der Waals surface area contributed by atoms with Crippen molar-refractivity contribution in [1.82, 2.24) is 0 Å². The lowest BCUT2D eigenvalue weighted by Gasteiger charge is -2.28. The van der Waals surface area contributed by atoms with Crippen molar-refractivity contribution in [2.75, 3.05) is 0 Å². The van der Waals surface area contributed by atoms with Gasteiger partial charge in [-0.3, -0.25) is 0 Å². The third kappa shape index (κ3) is 3.71. The first-order chi connectivity index (χ1) is 12.6. The molecule has 9 heteroatoms. The van der Waals surface area contributed by atoms with Crippen LogP contribution in [-0.2, 0) is 4.79 Å². The zero-order chi connectivity index (χ0) is 19.9. The number of halogens is 5. The fourth-order valence-electron chi connectivity index (χ4n) is 2.54. The highest BCUT2D eigenvalue weighted by Gasteiger charge is 2.48. The predicted molar refractivity (Wildman–Crippen MR) is 88.7 cm³/mol. The van der Waals surface area contributed by atoms with Crippen LogP contribution in [0.4, 0.5) is 17.6 Å². The molecule has 1 unspecified atom stereocenters. The van der Waals surface area contributed by atoms with Crippen LogP contribution in [0.25, 0.3) is 6.08 Å². The second kappa shape index (κ2) is 6.77. The van der Waals surface area contributed by atoms with E-state index in [4.69, 9.17) is 26.2 Å². The van der Waals surface area contributed by atoms with Crippen molar-refractivity contribution in [3.63, 3.8) is 0 Å². The van der Waals surface area contributed by atoms with Crippen LogP contribution in [0.15, 0.2) is 35.9 Å². The molecule has 0 bridgehead atoms. The minimum absolute atomic E-state index is 0.0512. The lowest BCUT2D eigenvalue weighted by atomic mass is 10.0. The second-order valence-corrected chi connectivity index (χ2v) is 6.18. The maximum Gasteiger partial charge on any atom is 0.430 e. The Labute approximate surface area is 155 Å². The normalized spacial score (nSPS) is 16.2. The van der Waals surface area contributed by atoms with Crippen molar-refractivity contribution < 1.29 is 36.9 Å². The summed E-state index contributed by atoms with van der Waals surface area (Å²) in [5, 5.41) is 9.09. The number of ether oxygens (including phenoxy) is 2. The van der Waals surface area contributed by atoms with Gasteiger partial charge >= 0.3 is 12.1 Å². The molecule has 0 fully saturated rings. The molecule has 0 saturated carbocycles. The average Bonchev–Trinajstić information content (AvgIpc) is 2.58. The molecule has 0 aliphatic carbocycles. The Morgan fingerprint density at radius 2 is 1.96 bits per heavy atom. The number of fused-ring (bicyclic) bond motifs is 1. The van der Waals surface area contributed by atoms with E-state index in [2.05, 4.69) is 0 Å². The molecule has 1 atom stereocenters. The molecular weight excluding hydrogens is 392 g/mol. The minimum Gasteiger partial charge on any atom is -0.478 e. The number of carbonyl (C=O) groups is 1. The predicted octanol–water partition coefficient (Wildman–Crippen LogP) is 5.37. The van der Waals surface area contributed by atoms with Gasteiger partial charge in [-0.05, 0) is 42.8 Å². The van der Waals surface area contributed by atoms with Gasteiger partial charge in [0, 0.05) is 0 Å². The summed E-state index contributed by atoms with van der Waals surface area (Å²) in [7, 11) is 0. The lowest BCUT2D eigenvalue weighted by Crippen LogP contribution is -2.40. The molecule has 142 valence electrons. The number of benzene rings is 2. The quantitative estimate of drug-likeness (QED) is 0.701. The van der Waals surface area contributed by atoms with Crippen molar-refractivity contribution in [3.8, 4) is 17.2 Å². The largest absolute Gasteiger partial charge is 0.478 e. The number of alkyl halides is 3. The van der Waals surface area contributed by atoms with Gasteiger partial charge in [0.05, 0.1) is 16.2 Å². The van der Waals surface area contributed by atoms with E-state index in [1.165, 1.54) is 18.2 Å². The molecule has 4 nitrogen and oxygen atoms in total. The van der Waals surface area contributed by atoms with Gasteiger partial charge in [0.15, 0.2) is 17.3 Å². The van der Waals surface area contributed by atoms with E-state index in [9.17, 15) is 22.4 Å². The van der Waals surface area contributed by atoms with E-state index < -0.39 is 29.6 Å². The number of hydrogen-bond acceptors (Lipinski definition) is 3. The zero-order valence-electron chi connectivity index (χ0n) is 13.6. The second-order valence-electron chi connectivity index (χ2n) is 5.77. The number of carboxylic acid groups (broad SMARTS) is 1. The Morgan fingerprint density at radius 3 is 2.59 bits per heavy atom. The van der Waals surface area contributed by atoms with Crippen LogP contribution >= 0.6 is 11.6 Å². The average molecular weight is 403 g/mol. The van der Waals surface area contributed by atoms with Gasteiger partial charge in [-0.2, -0.15) is 13.2 Å².